The molecule has 0 aromatic carbocycles. The first-order valence-corrected chi connectivity index (χ1v) is 6.55. The summed E-state index contributed by atoms with van der Waals surface area (Å²) in [5, 5.41) is 0.497. The molecule has 0 unspecified atom stereocenters. The predicted octanol–water partition coefficient (Wildman–Crippen LogP) is 3.83. The van der Waals surface area contributed by atoms with Crippen LogP contribution < -0.4 is 0 Å². The van der Waals surface area contributed by atoms with Crippen LogP contribution in [0.4, 0.5) is 0 Å². The quantitative estimate of drug-likeness (QED) is 0.791. The van der Waals surface area contributed by atoms with Crippen molar-refractivity contribution < 1.29 is 0 Å². The molecule has 3 rings (SSSR count). The number of halogens is 2. The zero-order valence-electron chi connectivity index (χ0n) is 8.90. The maximum atomic E-state index is 6.03. The SMILES string of the molecule is Clc1cc(C2CC2)nc(-c2cncc(Br)c2)n1. The molecule has 17 heavy (non-hydrogen) atoms. The first-order valence-electron chi connectivity index (χ1n) is 5.38. The van der Waals surface area contributed by atoms with Gasteiger partial charge in [-0.25, -0.2) is 9.97 Å². The lowest BCUT2D eigenvalue weighted by molar-refractivity contribution is 0.992. The van der Waals surface area contributed by atoms with Crippen molar-refractivity contribution in [2.75, 3.05) is 0 Å². The zero-order valence-corrected chi connectivity index (χ0v) is 11.2. The van der Waals surface area contributed by atoms with Gasteiger partial charge in [0.1, 0.15) is 5.15 Å². The summed E-state index contributed by atoms with van der Waals surface area (Å²) < 4.78 is 0.909. The van der Waals surface area contributed by atoms with Gasteiger partial charge in [0, 0.05) is 34.0 Å². The largest absolute Gasteiger partial charge is 0.263 e. The maximum absolute atomic E-state index is 6.03. The standard InChI is InChI=1S/C12H9BrClN3/c13-9-3-8(5-15-6-9)12-16-10(7-1-2-7)4-11(14)17-12/h3-7H,1-2H2. The number of rotatable bonds is 2. The third kappa shape index (κ3) is 2.48. The van der Waals surface area contributed by atoms with Crippen LogP contribution in [0, 0.1) is 0 Å². The van der Waals surface area contributed by atoms with E-state index in [9.17, 15) is 0 Å². The summed E-state index contributed by atoms with van der Waals surface area (Å²) in [6.45, 7) is 0. The summed E-state index contributed by atoms with van der Waals surface area (Å²) in [5.41, 5.74) is 1.92. The second kappa shape index (κ2) is 4.35. The normalized spacial score (nSPS) is 14.9. The van der Waals surface area contributed by atoms with Gasteiger partial charge in [0.15, 0.2) is 5.82 Å². The molecule has 0 spiro atoms. The minimum Gasteiger partial charge on any atom is -0.263 e. The molecule has 86 valence electrons. The van der Waals surface area contributed by atoms with Crippen LogP contribution in [0.3, 0.4) is 0 Å². The van der Waals surface area contributed by atoms with Crippen LogP contribution in [-0.4, -0.2) is 15.0 Å². The Balaban J connectivity index is 2.07. The van der Waals surface area contributed by atoms with Crippen LogP contribution >= 0.6 is 27.5 Å². The molecule has 0 atom stereocenters. The Morgan fingerprint density at radius 1 is 1.18 bits per heavy atom. The molecule has 3 nitrogen and oxygen atoms in total. The molecule has 0 bridgehead atoms. The van der Waals surface area contributed by atoms with E-state index >= 15 is 0 Å². The van der Waals surface area contributed by atoms with Gasteiger partial charge in [-0.3, -0.25) is 4.98 Å². The van der Waals surface area contributed by atoms with E-state index < -0.39 is 0 Å². The van der Waals surface area contributed by atoms with Crippen LogP contribution in [-0.2, 0) is 0 Å². The van der Waals surface area contributed by atoms with Gasteiger partial charge < -0.3 is 0 Å². The minimum absolute atomic E-state index is 0.497. The van der Waals surface area contributed by atoms with Gasteiger partial charge in [0.05, 0.1) is 0 Å². The van der Waals surface area contributed by atoms with Crippen LogP contribution in [0.25, 0.3) is 11.4 Å². The molecular formula is C12H9BrClN3. The molecule has 2 heterocycles. The average molecular weight is 311 g/mol. The lowest BCUT2D eigenvalue weighted by atomic mass is 10.2. The Hall–Kier alpha value is -1.00. The van der Waals surface area contributed by atoms with E-state index in [1.807, 2.05) is 12.1 Å². The number of aromatic nitrogens is 3. The summed E-state index contributed by atoms with van der Waals surface area (Å²) >= 11 is 9.41. The van der Waals surface area contributed by atoms with E-state index in [1.165, 1.54) is 12.8 Å². The van der Waals surface area contributed by atoms with Crippen molar-refractivity contribution in [2.45, 2.75) is 18.8 Å². The smallest absolute Gasteiger partial charge is 0.162 e. The monoisotopic (exact) mass is 309 g/mol. The summed E-state index contributed by atoms with van der Waals surface area (Å²) in [6, 6.07) is 3.80. The minimum atomic E-state index is 0.497. The first kappa shape index (κ1) is 11.1. The van der Waals surface area contributed by atoms with Crippen molar-refractivity contribution >= 4 is 27.5 Å². The number of nitrogens with zero attached hydrogens (tertiary/aromatic N) is 3. The first-order chi connectivity index (χ1) is 8.22. The summed E-state index contributed by atoms with van der Waals surface area (Å²) in [5.74, 6) is 1.21. The highest BCUT2D eigenvalue weighted by Crippen LogP contribution is 2.40. The fourth-order valence-electron chi connectivity index (χ4n) is 1.69. The van der Waals surface area contributed by atoms with E-state index in [2.05, 4.69) is 30.9 Å². The Morgan fingerprint density at radius 2 is 2.00 bits per heavy atom. The van der Waals surface area contributed by atoms with Crippen molar-refractivity contribution in [3.05, 3.63) is 39.8 Å². The van der Waals surface area contributed by atoms with Gasteiger partial charge in [0.2, 0.25) is 0 Å². The number of pyridine rings is 1. The lowest BCUT2D eigenvalue weighted by Crippen LogP contribution is -1.95. The van der Waals surface area contributed by atoms with Crippen LogP contribution in [0.1, 0.15) is 24.5 Å². The van der Waals surface area contributed by atoms with Crippen LogP contribution in [0.2, 0.25) is 5.15 Å². The second-order valence-electron chi connectivity index (χ2n) is 4.11. The molecule has 0 radical (unpaired) electrons. The molecule has 1 aliphatic rings. The van der Waals surface area contributed by atoms with Crippen LogP contribution in [0.15, 0.2) is 29.0 Å². The van der Waals surface area contributed by atoms with E-state index in [-0.39, 0.29) is 0 Å². The third-order valence-electron chi connectivity index (χ3n) is 2.67. The molecule has 1 aliphatic carbocycles. The van der Waals surface area contributed by atoms with E-state index in [4.69, 9.17) is 11.6 Å². The molecular weight excluding hydrogens is 302 g/mol. The highest BCUT2D eigenvalue weighted by Gasteiger charge is 2.26. The Morgan fingerprint density at radius 3 is 2.71 bits per heavy atom. The molecule has 0 N–H and O–H groups in total. The predicted molar refractivity (Wildman–Crippen MR) is 69.9 cm³/mol. The Kier molecular flexibility index (Phi) is 2.84. The highest BCUT2D eigenvalue weighted by molar-refractivity contribution is 9.10. The topological polar surface area (TPSA) is 38.7 Å². The Labute approximate surface area is 112 Å². The second-order valence-corrected chi connectivity index (χ2v) is 5.41. The highest BCUT2D eigenvalue weighted by atomic mass is 79.9. The van der Waals surface area contributed by atoms with Gasteiger partial charge in [-0.15, -0.1) is 0 Å². The average Bonchev–Trinajstić information content (AvgIpc) is 3.12. The molecule has 5 heteroatoms. The maximum Gasteiger partial charge on any atom is 0.162 e. The molecule has 0 saturated heterocycles. The fraction of sp³-hybridized carbons (Fsp3) is 0.250. The number of hydrogen-bond donors (Lipinski definition) is 0. The zero-order chi connectivity index (χ0) is 11.8. The summed E-state index contributed by atoms with van der Waals surface area (Å²) in [7, 11) is 0. The fourth-order valence-corrected chi connectivity index (χ4v) is 2.24. The van der Waals surface area contributed by atoms with E-state index in [0.29, 0.717) is 16.9 Å². The van der Waals surface area contributed by atoms with Crippen molar-refractivity contribution in [1.82, 2.24) is 15.0 Å². The molecule has 1 saturated carbocycles. The molecule has 1 fully saturated rings. The van der Waals surface area contributed by atoms with E-state index in [0.717, 1.165) is 15.7 Å². The summed E-state index contributed by atoms with van der Waals surface area (Å²) in [6.07, 6.45) is 5.87. The van der Waals surface area contributed by atoms with Crippen molar-refractivity contribution in [2.24, 2.45) is 0 Å². The van der Waals surface area contributed by atoms with Crippen molar-refractivity contribution in [1.29, 1.82) is 0 Å². The van der Waals surface area contributed by atoms with Gasteiger partial charge in [-0.1, -0.05) is 11.6 Å². The summed E-state index contributed by atoms with van der Waals surface area (Å²) in [4.78, 5) is 12.9. The lowest BCUT2D eigenvalue weighted by Gasteiger charge is -2.04. The van der Waals surface area contributed by atoms with Crippen LogP contribution in [0.5, 0.6) is 0 Å². The third-order valence-corrected chi connectivity index (χ3v) is 3.30. The number of hydrogen-bond acceptors (Lipinski definition) is 3. The van der Waals surface area contributed by atoms with Gasteiger partial charge in [-0.05, 0) is 40.9 Å². The molecule has 2 aromatic rings. The van der Waals surface area contributed by atoms with Gasteiger partial charge in [-0.2, -0.15) is 0 Å². The van der Waals surface area contributed by atoms with Crippen molar-refractivity contribution in [3.63, 3.8) is 0 Å². The Bertz CT molecular complexity index is 569. The molecule has 0 amide bonds. The van der Waals surface area contributed by atoms with Crippen molar-refractivity contribution in [3.8, 4) is 11.4 Å². The van der Waals surface area contributed by atoms with Gasteiger partial charge in [0.25, 0.3) is 0 Å². The van der Waals surface area contributed by atoms with Gasteiger partial charge >= 0.3 is 0 Å². The molecule has 2 aromatic heterocycles. The molecule has 0 aliphatic heterocycles. The van der Waals surface area contributed by atoms with E-state index in [1.54, 1.807) is 12.4 Å².